The van der Waals surface area contributed by atoms with Crippen LogP contribution in [-0.2, 0) is 0 Å². The number of aromatic nitrogens is 1. The van der Waals surface area contributed by atoms with Crippen molar-refractivity contribution >= 4 is 17.5 Å². The molecule has 0 atom stereocenters. The Morgan fingerprint density at radius 1 is 0.972 bits per heavy atom. The standard InChI is InChI=1S/C23H18F5N3O5/c1-10-4-5-14(35-16-7-6-15(36-23(26,27)28)19(25)20(16)34-3)17(18(10)24)22(33)31-12-8-13(21(29)32)30-9-11(12)2/h4-9H,1-3H3,(H2,29,32)(H,30,31,33). The molecule has 0 bridgehead atoms. The van der Waals surface area contributed by atoms with E-state index in [1.165, 1.54) is 31.3 Å². The van der Waals surface area contributed by atoms with E-state index in [0.717, 1.165) is 13.2 Å². The number of ether oxygens (including phenoxy) is 3. The number of nitrogens with one attached hydrogen (secondary N) is 1. The first-order valence-corrected chi connectivity index (χ1v) is 9.99. The van der Waals surface area contributed by atoms with E-state index in [4.69, 9.17) is 15.2 Å². The molecule has 0 fully saturated rings. The van der Waals surface area contributed by atoms with Gasteiger partial charge in [-0.05, 0) is 49.2 Å². The Kier molecular flexibility index (Phi) is 7.32. The van der Waals surface area contributed by atoms with Gasteiger partial charge in [0.25, 0.3) is 11.8 Å². The highest BCUT2D eigenvalue weighted by Gasteiger charge is 2.34. The van der Waals surface area contributed by atoms with Crippen molar-refractivity contribution < 1.29 is 45.8 Å². The molecular formula is C23H18F5N3O5. The lowest BCUT2D eigenvalue weighted by atomic mass is 10.1. The summed E-state index contributed by atoms with van der Waals surface area (Å²) in [5, 5.41) is 2.43. The molecule has 0 aliphatic carbocycles. The molecule has 13 heteroatoms. The number of benzene rings is 2. The van der Waals surface area contributed by atoms with E-state index in [2.05, 4.69) is 15.0 Å². The molecule has 2 amide bonds. The minimum absolute atomic E-state index is 0.0591. The van der Waals surface area contributed by atoms with E-state index in [-0.39, 0.29) is 16.9 Å². The van der Waals surface area contributed by atoms with Crippen LogP contribution in [0.3, 0.4) is 0 Å². The van der Waals surface area contributed by atoms with Crippen LogP contribution in [-0.4, -0.2) is 30.3 Å². The Bertz CT molecular complexity index is 1340. The maximum absolute atomic E-state index is 15.1. The van der Waals surface area contributed by atoms with Crippen molar-refractivity contribution in [3.05, 3.63) is 70.5 Å². The Morgan fingerprint density at radius 3 is 2.22 bits per heavy atom. The second-order valence-electron chi connectivity index (χ2n) is 7.33. The van der Waals surface area contributed by atoms with Crippen molar-refractivity contribution in [3.8, 4) is 23.0 Å². The van der Waals surface area contributed by atoms with Gasteiger partial charge in [0.1, 0.15) is 22.8 Å². The number of aryl methyl sites for hydroxylation is 2. The zero-order valence-corrected chi connectivity index (χ0v) is 18.9. The Balaban J connectivity index is 2.02. The number of carbonyl (C=O) groups excluding carboxylic acids is 2. The lowest BCUT2D eigenvalue weighted by Gasteiger charge is -2.17. The molecule has 1 aromatic heterocycles. The first kappa shape index (κ1) is 26.2. The minimum atomic E-state index is -5.17. The highest BCUT2D eigenvalue weighted by molar-refractivity contribution is 6.07. The molecule has 2 aromatic carbocycles. The van der Waals surface area contributed by atoms with Gasteiger partial charge in [-0.2, -0.15) is 4.39 Å². The predicted molar refractivity (Wildman–Crippen MR) is 116 cm³/mol. The van der Waals surface area contributed by atoms with Crippen LogP contribution in [0.1, 0.15) is 32.0 Å². The van der Waals surface area contributed by atoms with E-state index in [9.17, 15) is 27.2 Å². The summed E-state index contributed by atoms with van der Waals surface area (Å²) >= 11 is 0. The van der Waals surface area contributed by atoms with Gasteiger partial charge in [-0.1, -0.05) is 6.07 Å². The number of methoxy groups -OCH3 is 1. The van der Waals surface area contributed by atoms with Crippen LogP contribution >= 0.6 is 0 Å². The summed E-state index contributed by atoms with van der Waals surface area (Å²) < 4.78 is 81.1. The number of halogens is 5. The number of carbonyl (C=O) groups is 2. The third-order valence-corrected chi connectivity index (χ3v) is 4.80. The van der Waals surface area contributed by atoms with Crippen LogP contribution in [0.4, 0.5) is 27.6 Å². The number of rotatable bonds is 7. The molecule has 0 spiro atoms. The Morgan fingerprint density at radius 2 is 1.61 bits per heavy atom. The number of alkyl halides is 3. The van der Waals surface area contributed by atoms with Gasteiger partial charge in [0, 0.05) is 11.9 Å². The normalized spacial score (nSPS) is 11.1. The molecule has 1 heterocycles. The van der Waals surface area contributed by atoms with E-state index >= 15 is 4.39 Å². The number of hydrogen-bond acceptors (Lipinski definition) is 6. The summed E-state index contributed by atoms with van der Waals surface area (Å²) in [4.78, 5) is 28.3. The lowest BCUT2D eigenvalue weighted by Crippen LogP contribution is -2.19. The van der Waals surface area contributed by atoms with Crippen molar-refractivity contribution in [2.45, 2.75) is 20.2 Å². The minimum Gasteiger partial charge on any atom is -0.490 e. The highest BCUT2D eigenvalue weighted by Crippen LogP contribution is 2.41. The monoisotopic (exact) mass is 511 g/mol. The quantitative estimate of drug-likeness (QED) is 0.431. The second kappa shape index (κ2) is 10.1. The highest BCUT2D eigenvalue weighted by atomic mass is 19.4. The van der Waals surface area contributed by atoms with Gasteiger partial charge in [0.2, 0.25) is 11.6 Å². The fourth-order valence-corrected chi connectivity index (χ4v) is 3.05. The van der Waals surface area contributed by atoms with E-state index in [1.54, 1.807) is 6.92 Å². The van der Waals surface area contributed by atoms with Crippen LogP contribution in [0.15, 0.2) is 36.5 Å². The summed E-state index contributed by atoms with van der Waals surface area (Å²) in [6.45, 7) is 2.94. The molecule has 0 aliphatic rings. The SMILES string of the molecule is COc1c(Oc2ccc(C)c(F)c2C(=O)Nc2cc(C(N)=O)ncc2C)ccc(OC(F)(F)F)c1F. The Labute approximate surface area is 200 Å². The summed E-state index contributed by atoms with van der Waals surface area (Å²) in [6, 6.07) is 5.21. The average molecular weight is 511 g/mol. The number of nitrogens with two attached hydrogens (primary N) is 1. The number of primary amides is 1. The number of hydrogen-bond donors (Lipinski definition) is 2. The first-order valence-electron chi connectivity index (χ1n) is 9.99. The lowest BCUT2D eigenvalue weighted by molar-refractivity contribution is -0.275. The molecule has 190 valence electrons. The third-order valence-electron chi connectivity index (χ3n) is 4.80. The molecule has 3 aromatic rings. The molecule has 8 nitrogen and oxygen atoms in total. The Hall–Kier alpha value is -4.42. The number of anilines is 1. The van der Waals surface area contributed by atoms with Crippen LogP contribution in [0.25, 0.3) is 0 Å². The number of amides is 2. The van der Waals surface area contributed by atoms with Gasteiger partial charge in [-0.15, -0.1) is 13.2 Å². The third kappa shape index (κ3) is 5.62. The zero-order valence-electron chi connectivity index (χ0n) is 18.9. The van der Waals surface area contributed by atoms with Gasteiger partial charge < -0.3 is 25.3 Å². The molecule has 0 unspecified atom stereocenters. The van der Waals surface area contributed by atoms with Gasteiger partial charge in [-0.25, -0.2) is 4.39 Å². The van der Waals surface area contributed by atoms with Crippen molar-refractivity contribution in [2.75, 3.05) is 12.4 Å². The largest absolute Gasteiger partial charge is 0.573 e. The van der Waals surface area contributed by atoms with Gasteiger partial charge in [0.15, 0.2) is 11.5 Å². The average Bonchev–Trinajstić information content (AvgIpc) is 2.79. The fourth-order valence-electron chi connectivity index (χ4n) is 3.05. The number of pyridine rings is 1. The first-order chi connectivity index (χ1) is 16.8. The van der Waals surface area contributed by atoms with E-state index < -0.39 is 58.4 Å². The molecular weight excluding hydrogens is 493 g/mol. The van der Waals surface area contributed by atoms with Crippen molar-refractivity contribution in [1.82, 2.24) is 4.98 Å². The van der Waals surface area contributed by atoms with Crippen molar-refractivity contribution in [2.24, 2.45) is 5.73 Å². The summed E-state index contributed by atoms with van der Waals surface area (Å²) in [5.74, 6) is -7.20. The van der Waals surface area contributed by atoms with E-state index in [1.807, 2.05) is 0 Å². The van der Waals surface area contributed by atoms with Gasteiger partial charge >= 0.3 is 6.36 Å². The molecule has 0 saturated heterocycles. The molecule has 3 N–H and O–H groups in total. The molecule has 3 rings (SSSR count). The maximum Gasteiger partial charge on any atom is 0.573 e. The number of nitrogens with zero attached hydrogens (tertiary/aromatic N) is 1. The fraction of sp³-hybridized carbons (Fsp3) is 0.174. The topological polar surface area (TPSA) is 113 Å². The van der Waals surface area contributed by atoms with Crippen molar-refractivity contribution in [3.63, 3.8) is 0 Å². The van der Waals surface area contributed by atoms with Crippen LogP contribution in [0.5, 0.6) is 23.0 Å². The van der Waals surface area contributed by atoms with Crippen LogP contribution in [0.2, 0.25) is 0 Å². The summed E-state index contributed by atoms with van der Waals surface area (Å²) in [7, 11) is 0.967. The van der Waals surface area contributed by atoms with Crippen molar-refractivity contribution in [1.29, 1.82) is 0 Å². The summed E-state index contributed by atoms with van der Waals surface area (Å²) in [6.07, 6.45) is -3.89. The smallest absolute Gasteiger partial charge is 0.490 e. The van der Waals surface area contributed by atoms with Crippen LogP contribution in [0, 0.1) is 25.5 Å². The predicted octanol–water partition coefficient (Wildman–Crippen LogP) is 5.03. The van der Waals surface area contributed by atoms with Crippen LogP contribution < -0.4 is 25.3 Å². The molecule has 36 heavy (non-hydrogen) atoms. The van der Waals surface area contributed by atoms with Gasteiger partial charge in [0.05, 0.1) is 7.11 Å². The zero-order chi connectivity index (χ0) is 26.8. The molecule has 0 saturated carbocycles. The second-order valence-corrected chi connectivity index (χ2v) is 7.33. The maximum atomic E-state index is 15.1. The summed E-state index contributed by atoms with van der Waals surface area (Å²) in [5.41, 5.74) is 5.03. The van der Waals surface area contributed by atoms with Gasteiger partial charge in [-0.3, -0.25) is 14.6 Å². The molecule has 0 aliphatic heterocycles. The van der Waals surface area contributed by atoms with E-state index in [0.29, 0.717) is 11.6 Å². The molecule has 0 radical (unpaired) electrons.